The lowest BCUT2D eigenvalue weighted by atomic mass is 10.0. The number of carbonyl (C=O) groups excluding carboxylic acids is 2. The highest BCUT2D eigenvalue weighted by Gasteiger charge is 2.26. The molecule has 10 nitrogen and oxygen atoms in total. The average Bonchev–Trinajstić information content (AvgIpc) is 2.83. The Morgan fingerprint density at radius 3 is 1.40 bits per heavy atom. The summed E-state index contributed by atoms with van der Waals surface area (Å²) in [7, 11) is 0. The summed E-state index contributed by atoms with van der Waals surface area (Å²) in [4.78, 5) is 36.2. The van der Waals surface area contributed by atoms with Crippen molar-refractivity contribution in [3.63, 3.8) is 0 Å². The molecule has 0 spiro atoms. The van der Waals surface area contributed by atoms with E-state index in [2.05, 4.69) is 6.92 Å². The molecule has 0 aliphatic heterocycles. The van der Waals surface area contributed by atoms with Crippen LogP contribution in [0.25, 0.3) is 0 Å². The number of hydrogen-bond acceptors (Lipinski definition) is 9. The summed E-state index contributed by atoms with van der Waals surface area (Å²) < 4.78 is 10.8. The number of esters is 2. The number of aliphatic hydroxyl groups excluding tert-OH is 4. The molecule has 0 saturated carbocycles. The maximum absolute atomic E-state index is 12.5. The summed E-state index contributed by atoms with van der Waals surface area (Å²) in [5, 5.41) is 50.2. The molecule has 0 fully saturated rings. The van der Waals surface area contributed by atoms with Gasteiger partial charge in [-0.05, 0) is 32.1 Å². The van der Waals surface area contributed by atoms with Crippen LogP contribution in [0.5, 0.6) is 0 Å². The quantitative estimate of drug-likeness (QED) is 0.0733. The molecule has 0 unspecified atom stereocenters. The van der Waals surface area contributed by atoms with E-state index in [1.807, 2.05) is 13.8 Å². The molecule has 0 aromatic heterocycles. The zero-order valence-corrected chi connectivity index (χ0v) is 25.0. The molecule has 10 heteroatoms. The van der Waals surface area contributed by atoms with E-state index in [1.165, 1.54) is 0 Å². The van der Waals surface area contributed by atoms with Crippen LogP contribution < -0.4 is 0 Å². The maximum Gasteiger partial charge on any atom is 0.308 e. The zero-order valence-electron chi connectivity index (χ0n) is 25.0. The van der Waals surface area contributed by atoms with E-state index in [9.17, 15) is 34.8 Å². The Hall–Kier alpha value is -1.75. The van der Waals surface area contributed by atoms with Gasteiger partial charge in [-0.25, -0.2) is 0 Å². The van der Waals surface area contributed by atoms with Crippen molar-refractivity contribution in [1.82, 2.24) is 0 Å². The molecule has 0 aliphatic carbocycles. The number of aliphatic carboxylic acids is 1. The number of rotatable bonds is 26. The Bertz CT molecular complexity index is 671. The normalized spacial score (nSPS) is 16.0. The molecule has 0 amide bonds. The van der Waals surface area contributed by atoms with Crippen molar-refractivity contribution in [2.24, 2.45) is 0 Å². The van der Waals surface area contributed by atoms with Crippen molar-refractivity contribution in [2.45, 2.75) is 173 Å². The summed E-state index contributed by atoms with van der Waals surface area (Å²) in [5.74, 6) is -2.58. The van der Waals surface area contributed by atoms with Gasteiger partial charge in [0.1, 0.15) is 12.2 Å². The molecule has 0 aromatic carbocycles. The number of unbranched alkanes of at least 4 members (excludes halogenated alkanes) is 6. The fourth-order valence-corrected chi connectivity index (χ4v) is 4.65. The molecular weight excluding hydrogens is 520 g/mol. The van der Waals surface area contributed by atoms with E-state index in [0.29, 0.717) is 19.3 Å². The van der Waals surface area contributed by atoms with Gasteiger partial charge < -0.3 is 35.0 Å². The lowest BCUT2D eigenvalue weighted by Crippen LogP contribution is -2.30. The van der Waals surface area contributed by atoms with E-state index in [-0.39, 0.29) is 25.7 Å². The number of carboxylic acid groups (broad SMARTS) is 1. The summed E-state index contributed by atoms with van der Waals surface area (Å²) in [6.07, 6.45) is 3.28. The standard InChI is InChI=1S/C30H56O10/c1-4-7-10-13-22(31)16-24(33)19-29(37)39-26(15-12-9-6-3)18-25(34)20-30(38)40-27(21-28(35)36)17-23(32)14-11-8-5-2/h22-27,31-34H,4-21H2,1-3H3,(H,35,36)/t22-,23+,24-,25-,26+,27+/m0/s1. The van der Waals surface area contributed by atoms with Gasteiger partial charge in [0.15, 0.2) is 0 Å². The third kappa shape index (κ3) is 22.0. The van der Waals surface area contributed by atoms with Crippen molar-refractivity contribution in [1.29, 1.82) is 0 Å². The van der Waals surface area contributed by atoms with Crippen LogP contribution >= 0.6 is 0 Å². The van der Waals surface area contributed by atoms with Gasteiger partial charge in [-0.15, -0.1) is 0 Å². The molecule has 0 aliphatic rings. The van der Waals surface area contributed by atoms with Crippen LogP contribution in [-0.4, -0.2) is 80.1 Å². The summed E-state index contributed by atoms with van der Waals surface area (Å²) in [6.45, 7) is 6.13. The first-order valence-corrected chi connectivity index (χ1v) is 15.3. The molecule has 236 valence electrons. The van der Waals surface area contributed by atoms with Gasteiger partial charge in [0, 0.05) is 12.8 Å². The molecule has 0 saturated heterocycles. The van der Waals surface area contributed by atoms with Crippen LogP contribution in [-0.2, 0) is 23.9 Å². The second-order valence-corrected chi connectivity index (χ2v) is 11.0. The van der Waals surface area contributed by atoms with E-state index in [4.69, 9.17) is 14.6 Å². The van der Waals surface area contributed by atoms with Crippen molar-refractivity contribution < 1.29 is 49.4 Å². The lowest BCUT2D eigenvalue weighted by molar-refractivity contribution is -0.157. The first-order chi connectivity index (χ1) is 19.0. The van der Waals surface area contributed by atoms with Crippen LogP contribution in [0.2, 0.25) is 0 Å². The van der Waals surface area contributed by atoms with Crippen LogP contribution in [0, 0.1) is 0 Å². The summed E-state index contributed by atoms with van der Waals surface area (Å²) >= 11 is 0. The Morgan fingerprint density at radius 1 is 0.525 bits per heavy atom. The third-order valence-corrected chi connectivity index (χ3v) is 6.83. The van der Waals surface area contributed by atoms with Crippen molar-refractivity contribution >= 4 is 17.9 Å². The molecule has 0 heterocycles. The van der Waals surface area contributed by atoms with E-state index < -0.39 is 67.4 Å². The molecule has 40 heavy (non-hydrogen) atoms. The van der Waals surface area contributed by atoms with Gasteiger partial charge in [-0.1, -0.05) is 72.1 Å². The molecule has 0 radical (unpaired) electrons. The topological polar surface area (TPSA) is 171 Å². The van der Waals surface area contributed by atoms with Crippen LogP contribution in [0.4, 0.5) is 0 Å². The summed E-state index contributed by atoms with van der Waals surface area (Å²) in [6, 6.07) is 0. The van der Waals surface area contributed by atoms with Gasteiger partial charge >= 0.3 is 17.9 Å². The minimum absolute atomic E-state index is 0.00470. The van der Waals surface area contributed by atoms with Crippen molar-refractivity contribution in [2.75, 3.05) is 0 Å². The van der Waals surface area contributed by atoms with Crippen LogP contribution in [0.1, 0.15) is 136 Å². The second kappa shape index (κ2) is 23.9. The average molecular weight is 577 g/mol. The Balaban J connectivity index is 4.87. The van der Waals surface area contributed by atoms with Gasteiger partial charge in [0.2, 0.25) is 0 Å². The van der Waals surface area contributed by atoms with Crippen molar-refractivity contribution in [3.05, 3.63) is 0 Å². The predicted molar refractivity (Wildman–Crippen MR) is 152 cm³/mol. The Morgan fingerprint density at radius 2 is 0.925 bits per heavy atom. The second-order valence-electron chi connectivity index (χ2n) is 11.0. The Labute approximate surface area is 240 Å². The highest BCUT2D eigenvalue weighted by atomic mass is 16.6. The maximum atomic E-state index is 12.5. The highest BCUT2D eigenvalue weighted by molar-refractivity contribution is 5.72. The molecule has 0 aromatic rings. The fraction of sp³-hybridized carbons (Fsp3) is 0.900. The molecular formula is C30H56O10. The minimum atomic E-state index is -1.18. The van der Waals surface area contributed by atoms with E-state index in [1.54, 1.807) is 0 Å². The smallest absolute Gasteiger partial charge is 0.308 e. The summed E-state index contributed by atoms with van der Waals surface area (Å²) in [5.41, 5.74) is 0. The first kappa shape index (κ1) is 38.2. The predicted octanol–water partition coefficient (Wildman–Crippen LogP) is 4.42. The van der Waals surface area contributed by atoms with Gasteiger partial charge in [-0.2, -0.15) is 0 Å². The van der Waals surface area contributed by atoms with E-state index in [0.717, 1.165) is 57.8 Å². The van der Waals surface area contributed by atoms with Gasteiger partial charge in [0.25, 0.3) is 0 Å². The lowest BCUT2D eigenvalue weighted by Gasteiger charge is -2.23. The number of carboxylic acids is 1. The van der Waals surface area contributed by atoms with Crippen LogP contribution in [0.15, 0.2) is 0 Å². The minimum Gasteiger partial charge on any atom is -0.481 e. The number of aliphatic hydroxyl groups is 4. The first-order valence-electron chi connectivity index (χ1n) is 15.3. The molecule has 5 N–H and O–H groups in total. The van der Waals surface area contributed by atoms with Gasteiger partial charge in [-0.3, -0.25) is 14.4 Å². The highest BCUT2D eigenvalue weighted by Crippen LogP contribution is 2.19. The number of hydrogen-bond donors (Lipinski definition) is 5. The molecule has 0 rings (SSSR count). The number of carbonyl (C=O) groups is 3. The SMILES string of the molecule is CCCCC[C@@H](O)C[C@H](CC(=O)O)OC(=O)C[C@@H](O)C[C@@H](CCCCC)OC(=O)C[C@@H](O)C[C@@H](O)CCCCC. The van der Waals surface area contributed by atoms with Crippen LogP contribution in [0.3, 0.4) is 0 Å². The molecule has 0 bridgehead atoms. The Kier molecular flexibility index (Phi) is 22.9. The monoisotopic (exact) mass is 576 g/mol. The zero-order chi connectivity index (χ0) is 30.3. The van der Waals surface area contributed by atoms with Crippen molar-refractivity contribution in [3.8, 4) is 0 Å². The molecule has 6 atom stereocenters. The van der Waals surface area contributed by atoms with Gasteiger partial charge in [0.05, 0.1) is 43.7 Å². The number of ether oxygens (including phenoxy) is 2. The van der Waals surface area contributed by atoms with E-state index >= 15 is 0 Å². The fourth-order valence-electron chi connectivity index (χ4n) is 4.65. The largest absolute Gasteiger partial charge is 0.481 e. The third-order valence-electron chi connectivity index (χ3n) is 6.83.